The van der Waals surface area contributed by atoms with Crippen molar-refractivity contribution in [1.82, 2.24) is 0 Å². The Balaban J connectivity index is 1.53. The molecular weight excluding hydrogens is 296 g/mol. The van der Waals surface area contributed by atoms with E-state index in [2.05, 4.69) is 12.1 Å². The number of hydrogen-bond donors (Lipinski definition) is 0. The molecule has 2 saturated heterocycles. The van der Waals surface area contributed by atoms with Crippen molar-refractivity contribution in [3.05, 3.63) is 35.9 Å². The maximum Gasteiger partial charge on any atom is 0.156 e. The summed E-state index contributed by atoms with van der Waals surface area (Å²) < 4.78 is 24.5. The minimum absolute atomic E-state index is 0.0189. The highest BCUT2D eigenvalue weighted by molar-refractivity contribution is 7.92. The van der Waals surface area contributed by atoms with Crippen LogP contribution in [0.15, 0.2) is 30.3 Å². The summed E-state index contributed by atoms with van der Waals surface area (Å²) in [6.07, 6.45) is 6.03. The topological polar surface area (TPSA) is 51.2 Å². The molecule has 0 aliphatic carbocycles. The molecule has 0 aromatic heterocycles. The third-order valence-corrected chi connectivity index (χ3v) is 7.98. The van der Waals surface area contributed by atoms with Gasteiger partial charge in [0.1, 0.15) is 5.78 Å². The Bertz CT molecular complexity index is 601. The van der Waals surface area contributed by atoms with Gasteiger partial charge >= 0.3 is 0 Å². The van der Waals surface area contributed by atoms with E-state index in [0.29, 0.717) is 19.3 Å². The quantitative estimate of drug-likeness (QED) is 0.836. The molecular formula is C18H24O3S. The first-order valence-electron chi connectivity index (χ1n) is 8.36. The summed E-state index contributed by atoms with van der Waals surface area (Å²) in [6.45, 7) is 0. The molecule has 0 radical (unpaired) electrons. The molecule has 2 unspecified atom stereocenters. The van der Waals surface area contributed by atoms with E-state index in [9.17, 15) is 13.2 Å². The molecule has 2 bridgehead atoms. The number of ketones is 1. The minimum atomic E-state index is -2.95. The second-order valence-electron chi connectivity index (χ2n) is 6.74. The van der Waals surface area contributed by atoms with Gasteiger partial charge < -0.3 is 0 Å². The van der Waals surface area contributed by atoms with Crippen molar-refractivity contribution in [3.8, 4) is 0 Å². The summed E-state index contributed by atoms with van der Waals surface area (Å²) >= 11 is 0. The first-order chi connectivity index (χ1) is 10.6. The summed E-state index contributed by atoms with van der Waals surface area (Å²) in [5.41, 5.74) is 1.26. The lowest BCUT2D eigenvalue weighted by Crippen LogP contribution is -2.45. The molecule has 2 aliphatic heterocycles. The van der Waals surface area contributed by atoms with E-state index in [0.717, 1.165) is 32.1 Å². The molecule has 2 fully saturated rings. The highest BCUT2D eigenvalue weighted by Crippen LogP contribution is 2.40. The zero-order chi connectivity index (χ0) is 15.6. The smallest absolute Gasteiger partial charge is 0.156 e. The maximum absolute atomic E-state index is 12.4. The molecule has 0 spiro atoms. The van der Waals surface area contributed by atoms with Crippen LogP contribution >= 0.6 is 0 Å². The van der Waals surface area contributed by atoms with Gasteiger partial charge in [-0.15, -0.1) is 0 Å². The van der Waals surface area contributed by atoms with E-state index >= 15 is 0 Å². The summed E-state index contributed by atoms with van der Waals surface area (Å²) in [7, 11) is -2.95. The standard InChI is InChI=1S/C18H24O3S/c19-18(11-4-8-14-6-2-1-3-7-14)15-12-16-9-5-10-17(13-15)22(16,20)21/h1-3,6-7,15-17H,4-5,8-13H2. The van der Waals surface area contributed by atoms with Crippen LogP contribution in [0.2, 0.25) is 0 Å². The normalized spacial score (nSPS) is 29.9. The van der Waals surface area contributed by atoms with Crippen LogP contribution in [0, 0.1) is 5.92 Å². The highest BCUT2D eigenvalue weighted by atomic mass is 32.2. The second kappa shape index (κ2) is 6.53. The molecule has 22 heavy (non-hydrogen) atoms. The van der Waals surface area contributed by atoms with Gasteiger partial charge in [-0.05, 0) is 44.1 Å². The predicted molar refractivity (Wildman–Crippen MR) is 87.5 cm³/mol. The molecule has 0 saturated carbocycles. The van der Waals surface area contributed by atoms with Gasteiger partial charge in [0, 0.05) is 12.3 Å². The molecule has 3 nitrogen and oxygen atoms in total. The van der Waals surface area contributed by atoms with E-state index < -0.39 is 9.84 Å². The lowest BCUT2D eigenvalue weighted by atomic mass is 9.85. The monoisotopic (exact) mass is 320 g/mol. The van der Waals surface area contributed by atoms with Crippen LogP contribution in [0.3, 0.4) is 0 Å². The van der Waals surface area contributed by atoms with Crippen molar-refractivity contribution >= 4 is 15.6 Å². The van der Waals surface area contributed by atoms with Crippen molar-refractivity contribution in [2.24, 2.45) is 5.92 Å². The van der Waals surface area contributed by atoms with E-state index in [1.165, 1.54) is 5.56 Å². The zero-order valence-electron chi connectivity index (χ0n) is 12.9. The molecule has 2 atom stereocenters. The van der Waals surface area contributed by atoms with Crippen LogP contribution in [-0.2, 0) is 21.1 Å². The maximum atomic E-state index is 12.4. The number of rotatable bonds is 5. The minimum Gasteiger partial charge on any atom is -0.299 e. The second-order valence-corrected chi connectivity index (χ2v) is 9.25. The van der Waals surface area contributed by atoms with E-state index in [1.807, 2.05) is 18.2 Å². The Kier molecular flexibility index (Phi) is 4.67. The van der Waals surface area contributed by atoms with Gasteiger partial charge in [-0.25, -0.2) is 8.42 Å². The first kappa shape index (κ1) is 15.7. The molecule has 3 rings (SSSR count). The summed E-state index contributed by atoms with van der Waals surface area (Å²) in [5.74, 6) is 0.261. The van der Waals surface area contributed by atoms with Crippen molar-refractivity contribution in [2.75, 3.05) is 0 Å². The van der Waals surface area contributed by atoms with E-state index in [-0.39, 0.29) is 22.2 Å². The van der Waals surface area contributed by atoms with Gasteiger partial charge in [0.05, 0.1) is 10.5 Å². The molecule has 2 heterocycles. The fourth-order valence-corrected chi connectivity index (χ4v) is 6.52. The SMILES string of the molecule is O=C(CCCc1ccccc1)C1CC2CCCC(C1)S2(=O)=O. The fraction of sp³-hybridized carbons (Fsp3) is 0.611. The van der Waals surface area contributed by atoms with Crippen molar-refractivity contribution in [1.29, 1.82) is 0 Å². The van der Waals surface area contributed by atoms with Crippen molar-refractivity contribution in [2.45, 2.75) is 61.9 Å². The fourth-order valence-electron chi connectivity index (χ4n) is 3.99. The van der Waals surface area contributed by atoms with Crippen LogP contribution in [0.5, 0.6) is 0 Å². The number of aryl methyl sites for hydroxylation is 1. The zero-order valence-corrected chi connectivity index (χ0v) is 13.7. The third-order valence-electron chi connectivity index (χ3n) is 5.26. The van der Waals surface area contributed by atoms with Gasteiger partial charge in [0.25, 0.3) is 0 Å². The third kappa shape index (κ3) is 3.27. The van der Waals surface area contributed by atoms with E-state index in [4.69, 9.17) is 0 Å². The highest BCUT2D eigenvalue weighted by Gasteiger charge is 2.45. The first-order valence-corrected chi connectivity index (χ1v) is 9.97. The van der Waals surface area contributed by atoms with Gasteiger partial charge in [0.2, 0.25) is 0 Å². The molecule has 0 N–H and O–H groups in total. The van der Waals surface area contributed by atoms with Crippen LogP contribution in [0.4, 0.5) is 0 Å². The van der Waals surface area contributed by atoms with Crippen LogP contribution in [0.1, 0.15) is 50.5 Å². The average Bonchev–Trinajstić information content (AvgIpc) is 2.47. The summed E-state index contributed by atoms with van der Waals surface area (Å²) in [6, 6.07) is 10.2. The molecule has 4 heteroatoms. The largest absolute Gasteiger partial charge is 0.299 e. The Morgan fingerprint density at radius 1 is 1.05 bits per heavy atom. The van der Waals surface area contributed by atoms with Crippen molar-refractivity contribution in [3.63, 3.8) is 0 Å². The number of Topliss-reactive ketones (excluding diaryl/α,β-unsaturated/α-hetero) is 1. The number of sulfone groups is 1. The molecule has 120 valence electrons. The Labute approximate surface area is 133 Å². The van der Waals surface area contributed by atoms with Gasteiger partial charge in [-0.2, -0.15) is 0 Å². The Hall–Kier alpha value is -1.16. The average molecular weight is 320 g/mol. The van der Waals surface area contributed by atoms with E-state index in [1.54, 1.807) is 0 Å². The number of carbonyl (C=O) groups excluding carboxylic acids is 1. The molecule has 2 aliphatic rings. The molecule has 1 aromatic carbocycles. The number of carbonyl (C=O) groups is 1. The van der Waals surface area contributed by atoms with Crippen molar-refractivity contribution < 1.29 is 13.2 Å². The van der Waals surface area contributed by atoms with Crippen LogP contribution in [0.25, 0.3) is 0 Å². The summed E-state index contributed by atoms with van der Waals surface area (Å²) in [4.78, 5) is 12.4. The van der Waals surface area contributed by atoms with Gasteiger partial charge in [-0.3, -0.25) is 4.79 Å². The van der Waals surface area contributed by atoms with Crippen LogP contribution < -0.4 is 0 Å². The van der Waals surface area contributed by atoms with Gasteiger partial charge in [-0.1, -0.05) is 36.8 Å². The van der Waals surface area contributed by atoms with Crippen LogP contribution in [-0.4, -0.2) is 24.7 Å². The lowest BCUT2D eigenvalue weighted by molar-refractivity contribution is -0.123. The predicted octanol–water partition coefficient (Wildman–Crippen LogP) is 3.32. The summed E-state index contributed by atoms with van der Waals surface area (Å²) in [5, 5.41) is -0.494. The van der Waals surface area contributed by atoms with Gasteiger partial charge in [0.15, 0.2) is 9.84 Å². The number of hydrogen-bond acceptors (Lipinski definition) is 3. The molecule has 0 amide bonds. The number of benzene rings is 1. The Morgan fingerprint density at radius 3 is 2.32 bits per heavy atom. The molecule has 1 aromatic rings. The number of fused-ring (bicyclic) bond motifs is 2. The lowest BCUT2D eigenvalue weighted by Gasteiger charge is -2.38. The Morgan fingerprint density at radius 2 is 1.68 bits per heavy atom.